The van der Waals surface area contributed by atoms with E-state index in [0.29, 0.717) is 11.3 Å². The van der Waals surface area contributed by atoms with E-state index < -0.39 is 5.97 Å². The summed E-state index contributed by atoms with van der Waals surface area (Å²) in [5, 5.41) is 0. The average molecular weight is 327 g/mol. The van der Waals surface area contributed by atoms with E-state index in [1.165, 1.54) is 0 Å². The maximum absolute atomic E-state index is 12.2. The van der Waals surface area contributed by atoms with Crippen LogP contribution in [-0.4, -0.2) is 24.1 Å². The first kappa shape index (κ1) is 17.0. The van der Waals surface area contributed by atoms with Crippen molar-refractivity contribution in [3.8, 4) is 0 Å². The van der Waals surface area contributed by atoms with Crippen LogP contribution in [0.2, 0.25) is 0 Å². The molecule has 3 nitrogen and oxygen atoms in total. The normalized spacial score (nSPS) is 10.3. The number of ether oxygens (including phenoxy) is 1. The Balaban J connectivity index is 2.11. The molecule has 0 radical (unpaired) electrons. The number of rotatable bonds is 7. The lowest BCUT2D eigenvalue weighted by Gasteiger charge is -2.08. The van der Waals surface area contributed by atoms with Gasteiger partial charge in [-0.2, -0.15) is 0 Å². The molecule has 0 spiro atoms. The summed E-state index contributed by atoms with van der Waals surface area (Å²) < 4.78 is 4.95. The van der Waals surface area contributed by atoms with Crippen molar-refractivity contribution in [2.45, 2.75) is 16.7 Å². The summed E-state index contributed by atoms with van der Waals surface area (Å²) in [6.07, 6.45) is 0. The number of hydrogen-bond acceptors (Lipinski definition) is 3. The molecule has 0 saturated heterocycles. The molecule has 2 aromatic carbocycles. The van der Waals surface area contributed by atoms with Crippen molar-refractivity contribution in [3.63, 3.8) is 0 Å². The van der Waals surface area contributed by atoms with E-state index in [1.807, 2.05) is 60.7 Å². The van der Waals surface area contributed by atoms with Gasteiger partial charge in [0.1, 0.15) is 0 Å². The molecule has 2 aromatic rings. The van der Waals surface area contributed by atoms with Crippen LogP contribution in [0.1, 0.15) is 6.92 Å². The molecule has 2 rings (SSSR count). The minimum Gasteiger partial charge on any atom is -0.454 e. The van der Waals surface area contributed by atoms with Crippen molar-refractivity contribution < 1.29 is 14.3 Å². The zero-order valence-corrected chi connectivity index (χ0v) is 13.8. The van der Waals surface area contributed by atoms with Gasteiger partial charge in [0, 0.05) is 5.57 Å². The van der Waals surface area contributed by atoms with Crippen molar-refractivity contribution in [2.24, 2.45) is 0 Å². The van der Waals surface area contributed by atoms with Gasteiger partial charge in [-0.15, -0.1) is 0 Å². The van der Waals surface area contributed by atoms with Gasteiger partial charge in [0.2, 0.25) is 5.78 Å². The quantitative estimate of drug-likeness (QED) is 0.445. The number of carbonyl (C=O) groups excluding carboxylic acids is 2. The average Bonchev–Trinajstić information content (AvgIpc) is 2.59. The van der Waals surface area contributed by atoms with E-state index in [4.69, 9.17) is 4.74 Å². The molecule has 0 amide bonds. The second-order valence-corrected chi connectivity index (χ2v) is 7.07. The number of benzene rings is 2. The van der Waals surface area contributed by atoms with E-state index in [9.17, 15) is 9.59 Å². The second-order valence-electron chi connectivity index (χ2n) is 5.06. The largest absolute Gasteiger partial charge is 0.454 e. The first-order valence-electron chi connectivity index (χ1n) is 7.23. The Hall–Kier alpha value is -2.33. The van der Waals surface area contributed by atoms with Crippen molar-refractivity contribution in [1.29, 1.82) is 0 Å². The van der Waals surface area contributed by atoms with Crippen LogP contribution in [0.25, 0.3) is 0 Å². The van der Waals surface area contributed by atoms with Gasteiger partial charge >= 0.3 is 5.97 Å². The summed E-state index contributed by atoms with van der Waals surface area (Å²) in [6.45, 7) is 4.85. The highest BCUT2D eigenvalue weighted by Crippen LogP contribution is 2.23. The molecule has 0 fully saturated rings. The SMILES string of the molecule is C=C(C)C(=O)OCC(=O)C[S+](c1ccccc1)c1ccccc1. The van der Waals surface area contributed by atoms with Crippen LogP contribution in [0, 0.1) is 0 Å². The number of Topliss-reactive ketones (excluding diaryl/α,β-unsaturated/α-hetero) is 1. The number of ketones is 1. The van der Waals surface area contributed by atoms with Gasteiger partial charge in [0.15, 0.2) is 22.2 Å². The van der Waals surface area contributed by atoms with Crippen LogP contribution < -0.4 is 0 Å². The summed E-state index contributed by atoms with van der Waals surface area (Å²) >= 11 is 0. The molecule has 0 aliphatic carbocycles. The Bertz CT molecular complexity index is 641. The van der Waals surface area contributed by atoms with Crippen LogP contribution in [-0.2, 0) is 25.2 Å². The summed E-state index contributed by atoms with van der Waals surface area (Å²) in [5.41, 5.74) is 0.294. The van der Waals surface area contributed by atoms with E-state index in [1.54, 1.807) is 6.92 Å². The van der Waals surface area contributed by atoms with Crippen LogP contribution in [0.15, 0.2) is 82.6 Å². The Morgan fingerprint density at radius 1 is 0.957 bits per heavy atom. The minimum atomic E-state index is -0.530. The van der Waals surface area contributed by atoms with E-state index in [2.05, 4.69) is 6.58 Å². The van der Waals surface area contributed by atoms with Crippen LogP contribution in [0.4, 0.5) is 0 Å². The zero-order chi connectivity index (χ0) is 16.7. The number of carbonyl (C=O) groups is 2. The Kier molecular flexibility index (Phi) is 6.18. The lowest BCUT2D eigenvalue weighted by atomic mass is 10.4. The fourth-order valence-electron chi connectivity index (χ4n) is 1.94. The number of hydrogen-bond donors (Lipinski definition) is 0. The van der Waals surface area contributed by atoms with Gasteiger partial charge in [-0.05, 0) is 31.2 Å². The predicted molar refractivity (Wildman–Crippen MR) is 92.4 cm³/mol. The lowest BCUT2D eigenvalue weighted by molar-refractivity contribution is -0.143. The van der Waals surface area contributed by atoms with Gasteiger partial charge < -0.3 is 4.74 Å². The highest BCUT2D eigenvalue weighted by Gasteiger charge is 2.28. The third-order valence-electron chi connectivity index (χ3n) is 3.07. The fourth-order valence-corrected chi connectivity index (χ4v) is 3.93. The third-order valence-corrected chi connectivity index (χ3v) is 5.37. The van der Waals surface area contributed by atoms with Crippen molar-refractivity contribution in [1.82, 2.24) is 0 Å². The second kappa shape index (κ2) is 8.34. The van der Waals surface area contributed by atoms with Crippen LogP contribution in [0.5, 0.6) is 0 Å². The molecule has 118 valence electrons. The molecule has 0 bridgehead atoms. The minimum absolute atomic E-state index is 0.101. The molecule has 4 heteroatoms. The molecule has 23 heavy (non-hydrogen) atoms. The molecule has 0 aliphatic rings. The van der Waals surface area contributed by atoms with Crippen molar-refractivity contribution >= 4 is 22.6 Å². The van der Waals surface area contributed by atoms with Crippen LogP contribution >= 0.6 is 0 Å². The fraction of sp³-hybridized carbons (Fsp3) is 0.158. The van der Waals surface area contributed by atoms with Gasteiger partial charge in [0.05, 0.1) is 10.9 Å². The lowest BCUT2D eigenvalue weighted by Crippen LogP contribution is -2.23. The van der Waals surface area contributed by atoms with Crippen LogP contribution in [0.3, 0.4) is 0 Å². The molecule has 0 N–H and O–H groups in total. The highest BCUT2D eigenvalue weighted by molar-refractivity contribution is 7.97. The predicted octanol–water partition coefficient (Wildman–Crippen LogP) is 3.41. The summed E-state index contributed by atoms with van der Waals surface area (Å²) in [4.78, 5) is 25.8. The molecule has 0 saturated carbocycles. The highest BCUT2D eigenvalue weighted by atomic mass is 32.2. The molecule has 0 heterocycles. The molecule has 0 atom stereocenters. The van der Waals surface area contributed by atoms with E-state index in [0.717, 1.165) is 9.79 Å². The molecular formula is C19H19O3S+. The van der Waals surface area contributed by atoms with Gasteiger partial charge in [-0.3, -0.25) is 4.79 Å². The summed E-state index contributed by atoms with van der Waals surface area (Å²) in [7, 11) is -0.370. The topological polar surface area (TPSA) is 43.4 Å². The summed E-state index contributed by atoms with van der Waals surface area (Å²) in [5.74, 6) is -0.314. The van der Waals surface area contributed by atoms with Crippen molar-refractivity contribution in [2.75, 3.05) is 12.4 Å². The first-order chi connectivity index (χ1) is 11.1. The maximum atomic E-state index is 12.2. The Morgan fingerprint density at radius 3 is 1.87 bits per heavy atom. The number of esters is 1. The molecule has 0 unspecified atom stereocenters. The van der Waals surface area contributed by atoms with E-state index >= 15 is 0 Å². The van der Waals surface area contributed by atoms with Gasteiger partial charge in [-0.25, -0.2) is 4.79 Å². The molecular weight excluding hydrogens is 308 g/mol. The van der Waals surface area contributed by atoms with E-state index in [-0.39, 0.29) is 23.3 Å². The van der Waals surface area contributed by atoms with Gasteiger partial charge in [-0.1, -0.05) is 43.0 Å². The Morgan fingerprint density at radius 2 is 1.43 bits per heavy atom. The smallest absolute Gasteiger partial charge is 0.333 e. The van der Waals surface area contributed by atoms with Crippen molar-refractivity contribution in [3.05, 3.63) is 72.8 Å². The van der Waals surface area contributed by atoms with Gasteiger partial charge in [0.25, 0.3) is 0 Å². The molecule has 0 aromatic heterocycles. The standard InChI is InChI=1S/C19H19O3S/c1-15(2)19(21)22-13-16(20)14-23(17-9-5-3-6-10-17)18-11-7-4-8-12-18/h3-12H,1,13-14H2,2H3/q+1. The zero-order valence-electron chi connectivity index (χ0n) is 13.0. The first-order valence-corrected chi connectivity index (χ1v) is 8.62. The Labute approximate surface area is 139 Å². The third kappa shape index (κ3) is 5.11. The molecule has 0 aliphatic heterocycles. The monoisotopic (exact) mass is 327 g/mol. The maximum Gasteiger partial charge on any atom is 0.333 e. The summed E-state index contributed by atoms with van der Waals surface area (Å²) in [6, 6.07) is 19.8.